The van der Waals surface area contributed by atoms with E-state index in [9.17, 15) is 4.79 Å². The second kappa shape index (κ2) is 8.92. The van der Waals surface area contributed by atoms with E-state index in [4.69, 9.17) is 19.6 Å². The molecule has 1 N–H and O–H groups in total. The van der Waals surface area contributed by atoms with E-state index in [2.05, 4.69) is 0 Å². The Balaban J connectivity index is 1.96. The standard InChI is InChI=1S/C20H19NO4S2/c1-24-15-7-3-13(4-8-15)18-19(14-5-9-16(25-2)10-6-14)27-20(21-18)26-12-11-17(22)23/h3-10H,11-12H2,1-2H3,(H,22,23). The number of methoxy groups -OCH3 is 2. The molecule has 0 amide bonds. The van der Waals surface area contributed by atoms with E-state index in [1.807, 2.05) is 48.5 Å². The summed E-state index contributed by atoms with van der Waals surface area (Å²) in [5.74, 6) is 1.28. The monoisotopic (exact) mass is 401 g/mol. The highest BCUT2D eigenvalue weighted by molar-refractivity contribution is 8.01. The van der Waals surface area contributed by atoms with Gasteiger partial charge in [0.2, 0.25) is 0 Å². The van der Waals surface area contributed by atoms with E-state index in [1.54, 1.807) is 25.6 Å². The van der Waals surface area contributed by atoms with E-state index in [0.29, 0.717) is 5.75 Å². The van der Waals surface area contributed by atoms with Gasteiger partial charge in [0, 0.05) is 11.3 Å². The SMILES string of the molecule is COc1ccc(-c2nc(SCCC(=O)O)sc2-c2ccc(OC)cc2)cc1. The average molecular weight is 402 g/mol. The largest absolute Gasteiger partial charge is 0.497 e. The third-order valence-electron chi connectivity index (χ3n) is 3.86. The molecule has 0 fully saturated rings. The van der Waals surface area contributed by atoms with Crippen LogP contribution in [0.5, 0.6) is 11.5 Å². The molecule has 0 atom stereocenters. The molecule has 1 aromatic heterocycles. The molecule has 27 heavy (non-hydrogen) atoms. The zero-order valence-corrected chi connectivity index (χ0v) is 16.6. The number of nitrogens with zero attached hydrogens (tertiary/aromatic N) is 1. The van der Waals surface area contributed by atoms with E-state index < -0.39 is 5.97 Å². The fourth-order valence-corrected chi connectivity index (χ4v) is 4.64. The first-order valence-corrected chi connectivity index (χ1v) is 10.0. The number of ether oxygens (including phenoxy) is 2. The molecule has 0 aliphatic carbocycles. The predicted molar refractivity (Wildman–Crippen MR) is 109 cm³/mol. The molecule has 0 spiro atoms. The van der Waals surface area contributed by atoms with Gasteiger partial charge in [-0.15, -0.1) is 11.3 Å². The van der Waals surface area contributed by atoms with Crippen LogP contribution in [0.3, 0.4) is 0 Å². The summed E-state index contributed by atoms with van der Waals surface area (Å²) in [5, 5.41) is 8.85. The van der Waals surface area contributed by atoms with E-state index in [-0.39, 0.29) is 6.42 Å². The maximum absolute atomic E-state index is 10.8. The molecular formula is C20H19NO4S2. The lowest BCUT2D eigenvalue weighted by Gasteiger charge is -2.05. The number of aromatic nitrogens is 1. The number of benzene rings is 2. The van der Waals surface area contributed by atoms with Crippen molar-refractivity contribution in [2.24, 2.45) is 0 Å². The summed E-state index contributed by atoms with van der Waals surface area (Å²) in [6.07, 6.45) is 0.111. The highest BCUT2D eigenvalue weighted by Gasteiger charge is 2.16. The Morgan fingerprint density at radius 1 is 1.00 bits per heavy atom. The van der Waals surface area contributed by atoms with Crippen molar-refractivity contribution >= 4 is 29.1 Å². The Labute approximate surface area is 166 Å². The molecule has 0 aliphatic heterocycles. The van der Waals surface area contributed by atoms with Crippen molar-refractivity contribution in [3.63, 3.8) is 0 Å². The number of hydrogen-bond acceptors (Lipinski definition) is 6. The topological polar surface area (TPSA) is 68.7 Å². The van der Waals surface area contributed by atoms with Crippen molar-refractivity contribution in [1.29, 1.82) is 0 Å². The number of hydrogen-bond donors (Lipinski definition) is 1. The third kappa shape index (κ3) is 4.81. The lowest BCUT2D eigenvalue weighted by Crippen LogP contribution is -1.95. The van der Waals surface area contributed by atoms with Crippen molar-refractivity contribution in [3.8, 4) is 33.2 Å². The van der Waals surface area contributed by atoms with Gasteiger partial charge in [-0.2, -0.15) is 0 Å². The quantitative estimate of drug-likeness (QED) is 0.532. The summed E-state index contributed by atoms with van der Waals surface area (Å²) in [4.78, 5) is 16.6. The summed E-state index contributed by atoms with van der Waals surface area (Å²) in [7, 11) is 3.28. The lowest BCUT2D eigenvalue weighted by atomic mass is 10.1. The predicted octanol–water partition coefficient (Wildman–Crippen LogP) is 5.06. The summed E-state index contributed by atoms with van der Waals surface area (Å²) in [5.41, 5.74) is 2.91. The van der Waals surface area contributed by atoms with Gasteiger partial charge in [-0.25, -0.2) is 4.98 Å². The van der Waals surface area contributed by atoms with Gasteiger partial charge in [-0.3, -0.25) is 4.79 Å². The normalized spacial score (nSPS) is 10.6. The molecule has 5 nitrogen and oxygen atoms in total. The summed E-state index contributed by atoms with van der Waals surface area (Å²) >= 11 is 3.03. The van der Waals surface area contributed by atoms with Gasteiger partial charge in [0.25, 0.3) is 0 Å². The van der Waals surface area contributed by atoms with Crippen LogP contribution in [0.1, 0.15) is 6.42 Å². The van der Waals surface area contributed by atoms with Crippen molar-refractivity contribution in [3.05, 3.63) is 48.5 Å². The maximum Gasteiger partial charge on any atom is 0.304 e. The fourth-order valence-electron chi connectivity index (χ4n) is 2.47. The molecule has 0 radical (unpaired) electrons. The van der Waals surface area contributed by atoms with Crippen LogP contribution < -0.4 is 9.47 Å². The van der Waals surface area contributed by atoms with Crippen molar-refractivity contribution in [1.82, 2.24) is 4.98 Å². The van der Waals surface area contributed by atoms with Gasteiger partial charge in [-0.05, 0) is 54.1 Å². The first kappa shape index (κ1) is 19.3. The number of thiazole rings is 1. The lowest BCUT2D eigenvalue weighted by molar-refractivity contribution is -0.136. The summed E-state index contributed by atoms with van der Waals surface area (Å²) in [6, 6.07) is 15.6. The van der Waals surface area contributed by atoms with Crippen LogP contribution in [0.4, 0.5) is 0 Å². The second-order valence-electron chi connectivity index (χ2n) is 5.61. The molecule has 140 valence electrons. The molecule has 0 aliphatic rings. The first-order chi connectivity index (χ1) is 13.1. The number of thioether (sulfide) groups is 1. The molecule has 0 bridgehead atoms. The Morgan fingerprint density at radius 3 is 2.07 bits per heavy atom. The van der Waals surface area contributed by atoms with Crippen LogP contribution in [-0.4, -0.2) is 36.0 Å². The number of aliphatic carboxylic acids is 1. The average Bonchev–Trinajstić information content (AvgIpc) is 3.12. The molecule has 0 unspecified atom stereocenters. The van der Waals surface area contributed by atoms with E-state index in [1.165, 1.54) is 11.8 Å². The summed E-state index contributed by atoms with van der Waals surface area (Å²) in [6.45, 7) is 0. The van der Waals surface area contributed by atoms with E-state index in [0.717, 1.165) is 37.5 Å². The van der Waals surface area contributed by atoms with E-state index >= 15 is 0 Å². The molecular weight excluding hydrogens is 382 g/mol. The first-order valence-electron chi connectivity index (χ1n) is 8.25. The second-order valence-corrected chi connectivity index (χ2v) is 7.95. The van der Waals surface area contributed by atoms with Crippen LogP contribution in [0.15, 0.2) is 52.9 Å². The Bertz CT molecular complexity index is 840. The Morgan fingerprint density at radius 2 is 1.56 bits per heavy atom. The van der Waals surface area contributed by atoms with Gasteiger partial charge < -0.3 is 14.6 Å². The number of carbonyl (C=O) groups is 1. The van der Waals surface area contributed by atoms with Crippen molar-refractivity contribution < 1.29 is 19.4 Å². The minimum atomic E-state index is -0.801. The highest BCUT2D eigenvalue weighted by Crippen LogP contribution is 2.41. The highest BCUT2D eigenvalue weighted by atomic mass is 32.2. The van der Waals surface area contributed by atoms with Crippen LogP contribution in [0, 0.1) is 0 Å². The van der Waals surface area contributed by atoms with Crippen LogP contribution >= 0.6 is 23.1 Å². The van der Waals surface area contributed by atoms with Crippen LogP contribution in [0.25, 0.3) is 21.7 Å². The van der Waals surface area contributed by atoms with Crippen LogP contribution in [0.2, 0.25) is 0 Å². The molecule has 1 heterocycles. The van der Waals surface area contributed by atoms with Crippen LogP contribution in [-0.2, 0) is 4.79 Å². The fraction of sp³-hybridized carbons (Fsp3) is 0.200. The molecule has 2 aromatic carbocycles. The molecule has 0 saturated heterocycles. The van der Waals surface area contributed by atoms with Crippen molar-refractivity contribution in [2.45, 2.75) is 10.8 Å². The smallest absolute Gasteiger partial charge is 0.304 e. The molecule has 3 aromatic rings. The Hall–Kier alpha value is -2.51. The zero-order chi connectivity index (χ0) is 19.2. The Kier molecular flexibility index (Phi) is 6.36. The van der Waals surface area contributed by atoms with Gasteiger partial charge in [-0.1, -0.05) is 11.8 Å². The third-order valence-corrected chi connectivity index (χ3v) is 6.11. The van der Waals surface area contributed by atoms with Gasteiger partial charge in [0.1, 0.15) is 11.5 Å². The zero-order valence-electron chi connectivity index (χ0n) is 15.0. The number of carboxylic acids is 1. The minimum Gasteiger partial charge on any atom is -0.497 e. The molecule has 7 heteroatoms. The number of carboxylic acid groups (broad SMARTS) is 1. The van der Waals surface area contributed by atoms with Gasteiger partial charge >= 0.3 is 5.97 Å². The summed E-state index contributed by atoms with van der Waals surface area (Å²) < 4.78 is 11.3. The van der Waals surface area contributed by atoms with Gasteiger partial charge in [0.15, 0.2) is 4.34 Å². The molecule has 3 rings (SSSR count). The van der Waals surface area contributed by atoms with Gasteiger partial charge in [0.05, 0.1) is 31.2 Å². The maximum atomic E-state index is 10.8. The molecule has 0 saturated carbocycles. The number of rotatable bonds is 8. The minimum absolute atomic E-state index is 0.111. The van der Waals surface area contributed by atoms with Crippen molar-refractivity contribution in [2.75, 3.05) is 20.0 Å².